The number of carbonyl (C=O) groups is 1. The summed E-state index contributed by atoms with van der Waals surface area (Å²) in [7, 11) is 0. The molecule has 2 atom stereocenters. The number of carbonyl (C=O) groups excluding carboxylic acids is 1. The lowest BCUT2D eigenvalue weighted by atomic mass is 10.1. The van der Waals surface area contributed by atoms with Gasteiger partial charge in [0.1, 0.15) is 10.9 Å². The first-order chi connectivity index (χ1) is 12.5. The van der Waals surface area contributed by atoms with E-state index in [1.54, 1.807) is 6.07 Å². The van der Waals surface area contributed by atoms with Gasteiger partial charge in [-0.25, -0.2) is 4.98 Å². The molecule has 2 aromatic rings. The molecule has 0 aromatic carbocycles. The molecule has 0 unspecified atom stereocenters. The number of halogens is 2. The first kappa shape index (κ1) is 17.8. The highest BCUT2D eigenvalue weighted by molar-refractivity contribution is 6.32. The van der Waals surface area contributed by atoms with E-state index < -0.39 is 0 Å². The fraction of sp³-hybridized carbons (Fsp3) is 0.500. The van der Waals surface area contributed by atoms with E-state index in [2.05, 4.69) is 27.3 Å². The van der Waals surface area contributed by atoms with Crippen LogP contribution in [0, 0.1) is 5.92 Å². The van der Waals surface area contributed by atoms with Crippen molar-refractivity contribution in [3.63, 3.8) is 0 Å². The maximum atomic E-state index is 12.5. The van der Waals surface area contributed by atoms with Gasteiger partial charge in [-0.1, -0.05) is 35.3 Å². The molecule has 1 saturated carbocycles. The molecule has 1 N–H and O–H groups in total. The predicted molar refractivity (Wildman–Crippen MR) is 98.4 cm³/mol. The van der Waals surface area contributed by atoms with Crippen molar-refractivity contribution in [3.8, 4) is 0 Å². The number of hydrogen-bond acceptors (Lipinski definition) is 5. The monoisotopic (exact) mass is 394 g/mol. The van der Waals surface area contributed by atoms with E-state index in [-0.39, 0.29) is 11.9 Å². The first-order valence-corrected chi connectivity index (χ1v) is 9.55. The van der Waals surface area contributed by atoms with Gasteiger partial charge in [-0.2, -0.15) is 0 Å². The fourth-order valence-corrected chi connectivity index (χ4v) is 3.74. The second-order valence-electron chi connectivity index (χ2n) is 7.24. The van der Waals surface area contributed by atoms with Crippen molar-refractivity contribution < 1.29 is 9.32 Å². The molecule has 1 amide bonds. The van der Waals surface area contributed by atoms with Crippen LogP contribution < -0.4 is 5.32 Å². The normalized spacial score (nSPS) is 23.3. The summed E-state index contributed by atoms with van der Waals surface area (Å²) in [5.41, 5.74) is 1.25. The van der Waals surface area contributed by atoms with Crippen molar-refractivity contribution in [2.24, 2.45) is 5.92 Å². The Hall–Kier alpha value is -1.63. The summed E-state index contributed by atoms with van der Waals surface area (Å²) in [6.07, 6.45) is 3.77. The summed E-state index contributed by atoms with van der Waals surface area (Å²) in [5.74, 6) is 1.40. The molecule has 8 heteroatoms. The van der Waals surface area contributed by atoms with E-state index in [9.17, 15) is 4.79 Å². The second-order valence-corrected chi connectivity index (χ2v) is 8.04. The van der Waals surface area contributed by atoms with E-state index in [1.807, 2.05) is 6.07 Å². The standard InChI is InChI=1S/C18H20Cl2N4O2/c1-10-7-24(8-12-4-13(19)6-21-17(12)20)9-15(10)22-18(25)14-5-16(26-23-14)11-2-3-11/h4-6,10-11,15H,2-3,7-9H2,1H3,(H,22,25)/t10-,15+/m1/s1. The largest absolute Gasteiger partial charge is 0.360 e. The molecule has 2 aromatic heterocycles. The summed E-state index contributed by atoms with van der Waals surface area (Å²) >= 11 is 12.2. The Morgan fingerprint density at radius 2 is 2.15 bits per heavy atom. The Balaban J connectivity index is 1.37. The SMILES string of the molecule is C[C@@H]1CN(Cc2cc(Cl)cnc2Cl)C[C@@H]1NC(=O)c1cc(C2CC2)on1. The summed E-state index contributed by atoms with van der Waals surface area (Å²) in [6, 6.07) is 3.65. The zero-order valence-corrected chi connectivity index (χ0v) is 15.9. The second kappa shape index (κ2) is 7.18. The van der Waals surface area contributed by atoms with E-state index in [0.717, 1.165) is 37.3 Å². The van der Waals surface area contributed by atoms with Crippen LogP contribution in [0.25, 0.3) is 0 Å². The van der Waals surface area contributed by atoms with E-state index in [0.29, 0.717) is 34.3 Å². The number of hydrogen-bond donors (Lipinski definition) is 1. The molecule has 0 spiro atoms. The van der Waals surface area contributed by atoms with Gasteiger partial charge in [-0.3, -0.25) is 9.69 Å². The molecule has 26 heavy (non-hydrogen) atoms. The average Bonchev–Trinajstić information content (AvgIpc) is 3.23. The summed E-state index contributed by atoms with van der Waals surface area (Å²) < 4.78 is 5.27. The Labute approximate surface area is 161 Å². The third-order valence-corrected chi connectivity index (χ3v) is 5.56. The highest BCUT2D eigenvalue weighted by Gasteiger charge is 2.33. The number of nitrogens with one attached hydrogen (secondary N) is 1. The van der Waals surface area contributed by atoms with Crippen LogP contribution in [0.1, 0.15) is 47.5 Å². The number of pyridine rings is 1. The van der Waals surface area contributed by atoms with Crippen molar-refractivity contribution in [2.75, 3.05) is 13.1 Å². The van der Waals surface area contributed by atoms with Crippen LogP contribution in [0.3, 0.4) is 0 Å². The number of rotatable bonds is 5. The van der Waals surface area contributed by atoms with Crippen molar-refractivity contribution >= 4 is 29.1 Å². The molecule has 0 bridgehead atoms. The Kier molecular flexibility index (Phi) is 4.90. The van der Waals surface area contributed by atoms with Crippen LogP contribution in [0.2, 0.25) is 10.2 Å². The van der Waals surface area contributed by atoms with Crippen LogP contribution in [0.4, 0.5) is 0 Å². The van der Waals surface area contributed by atoms with Crippen molar-refractivity contribution in [1.82, 2.24) is 20.4 Å². The third kappa shape index (κ3) is 3.87. The van der Waals surface area contributed by atoms with Crippen LogP contribution in [0.15, 0.2) is 22.9 Å². The minimum atomic E-state index is -0.179. The van der Waals surface area contributed by atoms with Crippen LogP contribution >= 0.6 is 23.2 Å². The van der Waals surface area contributed by atoms with Gasteiger partial charge in [0.15, 0.2) is 5.69 Å². The lowest BCUT2D eigenvalue weighted by molar-refractivity contribution is 0.0922. The number of amides is 1. The summed E-state index contributed by atoms with van der Waals surface area (Å²) in [6.45, 7) is 4.38. The molecular formula is C18H20Cl2N4O2. The maximum absolute atomic E-state index is 12.5. The highest BCUT2D eigenvalue weighted by atomic mass is 35.5. The van der Waals surface area contributed by atoms with Gasteiger partial charge in [0.05, 0.1) is 5.02 Å². The molecule has 1 aliphatic carbocycles. The molecule has 6 nitrogen and oxygen atoms in total. The average molecular weight is 395 g/mol. The molecule has 4 rings (SSSR count). The van der Waals surface area contributed by atoms with Crippen molar-refractivity contribution in [2.45, 2.75) is 38.3 Å². The lowest BCUT2D eigenvalue weighted by Gasteiger charge is -2.17. The van der Waals surface area contributed by atoms with Crippen molar-refractivity contribution in [1.29, 1.82) is 0 Å². The van der Waals surface area contributed by atoms with Crippen LogP contribution in [-0.2, 0) is 6.54 Å². The van der Waals surface area contributed by atoms with Crippen molar-refractivity contribution in [3.05, 3.63) is 45.5 Å². The highest BCUT2D eigenvalue weighted by Crippen LogP contribution is 2.40. The van der Waals surface area contributed by atoms with Gasteiger partial charge < -0.3 is 9.84 Å². The van der Waals surface area contributed by atoms with Gasteiger partial charge in [-0.15, -0.1) is 0 Å². The van der Waals surface area contributed by atoms with Gasteiger partial charge >= 0.3 is 0 Å². The fourth-order valence-electron chi connectivity index (χ4n) is 3.40. The number of aromatic nitrogens is 2. The summed E-state index contributed by atoms with van der Waals surface area (Å²) in [4.78, 5) is 18.8. The maximum Gasteiger partial charge on any atom is 0.273 e. The van der Waals surface area contributed by atoms with E-state index in [1.165, 1.54) is 6.20 Å². The Morgan fingerprint density at radius 1 is 1.35 bits per heavy atom. The quantitative estimate of drug-likeness (QED) is 0.785. The van der Waals surface area contributed by atoms with E-state index in [4.69, 9.17) is 27.7 Å². The summed E-state index contributed by atoms with van der Waals surface area (Å²) in [5, 5.41) is 8.02. The molecule has 1 saturated heterocycles. The Bertz CT molecular complexity index is 821. The molecule has 2 aliphatic rings. The van der Waals surface area contributed by atoms with Gasteiger partial charge in [0.25, 0.3) is 5.91 Å². The minimum Gasteiger partial charge on any atom is -0.360 e. The molecule has 2 fully saturated rings. The minimum absolute atomic E-state index is 0.0505. The zero-order valence-electron chi connectivity index (χ0n) is 14.4. The third-order valence-electron chi connectivity index (χ3n) is 5.02. The topological polar surface area (TPSA) is 71.3 Å². The number of likely N-dealkylation sites (tertiary alicyclic amines) is 1. The smallest absolute Gasteiger partial charge is 0.273 e. The molecular weight excluding hydrogens is 375 g/mol. The lowest BCUT2D eigenvalue weighted by Crippen LogP contribution is -2.40. The number of nitrogens with zero attached hydrogens (tertiary/aromatic N) is 3. The first-order valence-electron chi connectivity index (χ1n) is 8.79. The van der Waals surface area contributed by atoms with Crippen LogP contribution in [0.5, 0.6) is 0 Å². The molecule has 138 valence electrons. The van der Waals surface area contributed by atoms with Gasteiger partial charge in [0, 0.05) is 49.4 Å². The Morgan fingerprint density at radius 3 is 2.92 bits per heavy atom. The molecule has 0 radical (unpaired) electrons. The van der Waals surface area contributed by atoms with Crippen LogP contribution in [-0.4, -0.2) is 40.1 Å². The van der Waals surface area contributed by atoms with Gasteiger partial charge in [0.2, 0.25) is 0 Å². The predicted octanol–water partition coefficient (Wildman–Crippen LogP) is 3.50. The zero-order chi connectivity index (χ0) is 18.3. The van der Waals surface area contributed by atoms with Gasteiger partial charge in [-0.05, 0) is 24.8 Å². The molecule has 1 aliphatic heterocycles. The van der Waals surface area contributed by atoms with E-state index >= 15 is 0 Å². The molecule has 3 heterocycles.